The van der Waals surface area contributed by atoms with Crippen molar-refractivity contribution in [1.29, 1.82) is 0 Å². The van der Waals surface area contributed by atoms with Gasteiger partial charge < -0.3 is 143 Å². The van der Waals surface area contributed by atoms with Crippen LogP contribution in [0, 0.1) is 23.7 Å². The SMILES string of the molecule is COC1CC(C2[OH+]C3CC(O)CC(O[C@@H]4O[C@H](CO)[C@@H](O)[C@H](O)[C@H]4O)C3CC2O[C@@H]2O[C@H](CO[C@@H]3O[C@@H](C)[C@H](OC(=O)C=CC4CCC(O[C@@H]5O[C@H](COC(=O)C=CC6CCC(O)C(O)C6)[C@@H](O)[C@H](O)[C@H]5O)CC4)[C@@H](O)[C@H]3O)[C@@H](O)[C@H](O)[C@H]2O)CC(OC)C1O. The number of esters is 2. The zero-order valence-corrected chi connectivity index (χ0v) is 50.4. The number of fused-ring (bicyclic) bond motifs is 1. The van der Waals surface area contributed by atoms with E-state index in [4.69, 9.17) is 61.6 Å². The second-order valence-electron chi connectivity index (χ2n) is 25.7. The molecular formula is C59H95O31+. The van der Waals surface area contributed by atoms with Gasteiger partial charge in [0.2, 0.25) is 0 Å². The zero-order chi connectivity index (χ0) is 65.0. The van der Waals surface area contributed by atoms with E-state index < -0.39 is 234 Å². The highest BCUT2D eigenvalue weighted by atomic mass is 16.7. The minimum Gasteiger partial charge on any atom is -0.460 e. The van der Waals surface area contributed by atoms with Crippen LogP contribution in [0.4, 0.5) is 0 Å². The van der Waals surface area contributed by atoms with Gasteiger partial charge in [-0.3, -0.25) is 0 Å². The molecule has 17 N–H and O–H groups in total. The summed E-state index contributed by atoms with van der Waals surface area (Å²) in [4.78, 5) is 25.7. The first-order valence-electron chi connectivity index (χ1n) is 31.4. The summed E-state index contributed by atoms with van der Waals surface area (Å²) in [7, 11) is 2.89. The van der Waals surface area contributed by atoms with E-state index in [1.165, 1.54) is 33.3 Å². The molecule has 9 rings (SSSR count). The van der Waals surface area contributed by atoms with Gasteiger partial charge in [0.05, 0.1) is 68.0 Å². The third-order valence-electron chi connectivity index (χ3n) is 19.7. The van der Waals surface area contributed by atoms with E-state index in [1.54, 1.807) is 12.2 Å². The zero-order valence-electron chi connectivity index (χ0n) is 50.4. The molecule has 31 heteroatoms. The van der Waals surface area contributed by atoms with Gasteiger partial charge in [-0.1, -0.05) is 12.2 Å². The number of carbonyl (C=O) groups is 2. The predicted octanol–water partition coefficient (Wildman–Crippen LogP) is -6.44. The number of allylic oxidation sites excluding steroid dienone is 2. The number of aliphatic hydroxyl groups is 18. The molecule has 9 aliphatic rings. The molecule has 5 heterocycles. The molecule has 90 heavy (non-hydrogen) atoms. The minimum absolute atomic E-state index is 0.00992. The third kappa shape index (κ3) is 16.8. The van der Waals surface area contributed by atoms with Gasteiger partial charge in [-0.25, -0.2) is 9.59 Å². The fraction of sp³-hybridized carbons (Fsp3) is 0.898. The van der Waals surface area contributed by atoms with Gasteiger partial charge in [-0.2, -0.15) is 0 Å². The van der Waals surface area contributed by atoms with E-state index in [-0.39, 0.29) is 50.4 Å². The summed E-state index contributed by atoms with van der Waals surface area (Å²) in [6.07, 6.45) is -31.3. The number of methoxy groups -OCH3 is 2. The van der Waals surface area contributed by atoms with Crippen LogP contribution in [0.15, 0.2) is 24.3 Å². The smallest absolute Gasteiger partial charge is 0.330 e. The summed E-state index contributed by atoms with van der Waals surface area (Å²) in [5.41, 5.74) is 0. The molecule has 5 saturated heterocycles. The van der Waals surface area contributed by atoms with E-state index in [1.807, 2.05) is 0 Å². The number of rotatable bonds is 20. The Balaban J connectivity index is 0.763. The summed E-state index contributed by atoms with van der Waals surface area (Å²) in [5, 5.41) is 172. The molecule has 31 atom stereocenters. The normalized spacial score (nSPS) is 49.7. The van der Waals surface area contributed by atoms with E-state index >= 15 is 0 Å². The molecule has 0 bridgehead atoms. The lowest BCUT2D eigenvalue weighted by Gasteiger charge is -2.50. The molecule has 5 aliphatic heterocycles. The summed E-state index contributed by atoms with van der Waals surface area (Å²) in [6, 6.07) is 0. The third-order valence-corrected chi connectivity index (χ3v) is 19.7. The lowest BCUT2D eigenvalue weighted by atomic mass is 9.72. The highest BCUT2D eigenvalue weighted by Gasteiger charge is 2.58. The van der Waals surface area contributed by atoms with Crippen LogP contribution < -0.4 is 0 Å². The lowest BCUT2D eigenvalue weighted by Crippen LogP contribution is -2.65. The Morgan fingerprint density at radius 2 is 1.02 bits per heavy atom. The number of carbonyl (C=O) groups excluding carboxylic acids is 2. The first kappa shape index (κ1) is 71.6. The molecule has 4 aliphatic carbocycles. The fourth-order valence-corrected chi connectivity index (χ4v) is 14.2. The second kappa shape index (κ2) is 31.9. The van der Waals surface area contributed by atoms with Gasteiger partial charge in [0, 0.05) is 45.1 Å². The van der Waals surface area contributed by atoms with Gasteiger partial charge in [0.1, 0.15) is 104 Å². The van der Waals surface area contributed by atoms with Crippen LogP contribution in [0.1, 0.15) is 84.0 Å². The summed E-state index contributed by atoms with van der Waals surface area (Å²) in [5.74, 6) is -2.91. The van der Waals surface area contributed by atoms with Crippen molar-refractivity contribution in [2.24, 2.45) is 23.7 Å². The topological polar surface area (TPSA) is 481 Å². The van der Waals surface area contributed by atoms with Crippen LogP contribution in [0.5, 0.6) is 0 Å². The number of hydrogen-bond acceptors (Lipinski definition) is 30. The van der Waals surface area contributed by atoms with Crippen molar-refractivity contribution < 1.29 is 153 Å². The molecule has 516 valence electrons. The second-order valence-corrected chi connectivity index (χ2v) is 25.7. The summed E-state index contributed by atoms with van der Waals surface area (Å²) < 4.78 is 75.5. The van der Waals surface area contributed by atoms with Crippen LogP contribution in [-0.4, -0.2) is 322 Å². The molecule has 0 spiro atoms. The standard InChI is InChI=1S/C59H94O31/c1-23-54(90-41(65)13-7-24-4-9-28(10-5-24)83-57-50(74)47(71)44(68)38(88-57)21-80-40(64)12-8-25-6-11-30(62)31(63)14-25)49(73)53(77)56(82-23)81-22-39-45(69)48(72)52(76)59(89-39)86-36-19-29-32(84-55(36)26-15-34(78-2)42(66)35(16-26)79-3)17-27(61)18-33(29)85-58-51(75)46(70)43(67)37(20-60)87-58/h7-8,12-13,23-39,42-63,66-77H,4-6,9-11,14-22H2,1-3H3/p+1/t23-,24?,25?,26?,27?,28?,29?,30?,31?,32?,33?,34?,35?,36?,37+,38+,39+,42?,43+,44+,45+,46-,47-,48-,49-,50+,51+,52+,53+,54-,55?,56+,57+,58+,59+/m0/s1. The number of hydrogen-bond donors (Lipinski definition) is 16. The molecule has 0 aromatic rings. The van der Waals surface area contributed by atoms with Crippen LogP contribution in [0.2, 0.25) is 0 Å². The summed E-state index contributed by atoms with van der Waals surface area (Å²) in [6.45, 7) is -0.337. The predicted molar refractivity (Wildman–Crippen MR) is 298 cm³/mol. The maximum atomic E-state index is 13.2. The Morgan fingerprint density at radius 1 is 0.489 bits per heavy atom. The largest absolute Gasteiger partial charge is 0.460 e. The lowest BCUT2D eigenvalue weighted by molar-refractivity contribution is -0.371. The average molecular weight is 1300 g/mol. The van der Waals surface area contributed by atoms with Crippen LogP contribution in [-0.2, 0) is 66.4 Å². The molecule has 4 saturated carbocycles. The van der Waals surface area contributed by atoms with Crippen molar-refractivity contribution in [2.75, 3.05) is 34.0 Å². The van der Waals surface area contributed by atoms with Crippen LogP contribution in [0.25, 0.3) is 0 Å². The number of ether oxygens (including phenoxy) is 13. The van der Waals surface area contributed by atoms with Crippen molar-refractivity contribution >= 4 is 11.9 Å². The highest BCUT2D eigenvalue weighted by Crippen LogP contribution is 2.45. The van der Waals surface area contributed by atoms with Gasteiger partial charge in [0.25, 0.3) is 0 Å². The maximum Gasteiger partial charge on any atom is 0.330 e. The number of aliphatic hydroxyl groups excluding tert-OH is 16. The molecular weight excluding hydrogens is 1200 g/mol. The Kier molecular flexibility index (Phi) is 25.4. The quantitative estimate of drug-likeness (QED) is 0.0306. The molecule has 0 aromatic heterocycles. The van der Waals surface area contributed by atoms with Gasteiger partial charge in [0.15, 0.2) is 43.5 Å². The van der Waals surface area contributed by atoms with E-state index in [9.17, 15) is 91.3 Å². The summed E-state index contributed by atoms with van der Waals surface area (Å²) >= 11 is 0. The Morgan fingerprint density at radius 3 is 1.62 bits per heavy atom. The Hall–Kier alpha value is -2.66. The van der Waals surface area contributed by atoms with Crippen molar-refractivity contribution in [3.63, 3.8) is 0 Å². The van der Waals surface area contributed by atoms with E-state index in [2.05, 4.69) is 0 Å². The highest BCUT2D eigenvalue weighted by molar-refractivity contribution is 5.82. The van der Waals surface area contributed by atoms with Crippen LogP contribution in [0.3, 0.4) is 0 Å². The first-order valence-corrected chi connectivity index (χ1v) is 31.4. The van der Waals surface area contributed by atoms with Gasteiger partial charge in [-0.15, -0.1) is 0 Å². The van der Waals surface area contributed by atoms with Gasteiger partial charge in [-0.05, 0) is 83.0 Å². The van der Waals surface area contributed by atoms with E-state index in [0.717, 1.165) is 0 Å². The molecule has 0 aromatic carbocycles. The van der Waals surface area contributed by atoms with Crippen molar-refractivity contribution in [1.82, 2.24) is 0 Å². The minimum atomic E-state index is -1.90. The first-order chi connectivity index (χ1) is 42.9. The van der Waals surface area contributed by atoms with Crippen molar-refractivity contribution in [3.05, 3.63) is 24.3 Å². The molecule has 0 radical (unpaired) electrons. The molecule has 31 nitrogen and oxygen atoms in total. The Labute approximate surface area is 519 Å². The van der Waals surface area contributed by atoms with Gasteiger partial charge >= 0.3 is 11.9 Å². The van der Waals surface area contributed by atoms with Crippen molar-refractivity contribution in [3.8, 4) is 0 Å². The Bertz CT molecular complexity index is 2300. The monoisotopic (exact) mass is 1300 g/mol. The van der Waals surface area contributed by atoms with Crippen molar-refractivity contribution in [2.45, 2.75) is 274 Å². The van der Waals surface area contributed by atoms with E-state index in [0.29, 0.717) is 38.5 Å². The fourth-order valence-electron chi connectivity index (χ4n) is 14.2. The maximum absolute atomic E-state index is 13.2. The van der Waals surface area contributed by atoms with Crippen LogP contribution >= 0.6 is 0 Å². The molecule has 11 unspecified atom stereocenters. The molecule has 0 amide bonds. The molecule has 9 fully saturated rings. The average Bonchev–Trinajstić information content (AvgIpc) is 0.782.